The van der Waals surface area contributed by atoms with E-state index in [2.05, 4.69) is 27.4 Å². The lowest BCUT2D eigenvalue weighted by molar-refractivity contribution is 0.236. The van der Waals surface area contributed by atoms with E-state index in [0.717, 1.165) is 35.5 Å². The Morgan fingerprint density at radius 2 is 2.07 bits per heavy atom. The zero-order valence-electron chi connectivity index (χ0n) is 17.0. The van der Waals surface area contributed by atoms with Crippen molar-refractivity contribution in [2.75, 3.05) is 25.6 Å². The van der Waals surface area contributed by atoms with Crippen LogP contribution in [0.4, 0.5) is 10.5 Å². The van der Waals surface area contributed by atoms with Crippen LogP contribution >= 0.6 is 11.6 Å². The van der Waals surface area contributed by atoms with E-state index < -0.39 is 0 Å². The predicted octanol–water partition coefficient (Wildman–Crippen LogP) is 3.86. The summed E-state index contributed by atoms with van der Waals surface area (Å²) in [6.07, 6.45) is 2.63. The van der Waals surface area contributed by atoms with E-state index in [9.17, 15) is 4.79 Å². The van der Waals surface area contributed by atoms with Crippen LogP contribution in [0.25, 0.3) is 0 Å². The quantitative estimate of drug-likeness (QED) is 0.705. The van der Waals surface area contributed by atoms with Crippen molar-refractivity contribution in [3.63, 3.8) is 0 Å². The molecule has 0 spiro atoms. The lowest BCUT2D eigenvalue weighted by Gasteiger charge is -2.27. The van der Waals surface area contributed by atoms with Gasteiger partial charge < -0.3 is 20.3 Å². The van der Waals surface area contributed by atoms with E-state index in [1.165, 1.54) is 0 Å². The summed E-state index contributed by atoms with van der Waals surface area (Å²) in [6, 6.07) is 13.7. The summed E-state index contributed by atoms with van der Waals surface area (Å²) in [7, 11) is 3.36. The van der Waals surface area contributed by atoms with Gasteiger partial charge in [0.05, 0.1) is 18.2 Å². The highest BCUT2D eigenvalue weighted by Gasteiger charge is 2.32. The average Bonchev–Trinajstić information content (AvgIpc) is 3.08. The van der Waals surface area contributed by atoms with Crippen LogP contribution in [-0.2, 0) is 6.54 Å². The van der Waals surface area contributed by atoms with Crippen molar-refractivity contribution in [3.05, 3.63) is 58.6 Å². The van der Waals surface area contributed by atoms with E-state index in [4.69, 9.17) is 16.3 Å². The third-order valence-corrected chi connectivity index (χ3v) is 5.59. The number of nitrogens with one attached hydrogen (secondary N) is 2. The second-order valence-corrected chi connectivity index (χ2v) is 7.50. The molecule has 0 bridgehead atoms. The number of carbonyl (C=O) groups is 1. The molecule has 2 aromatic carbocycles. The number of ether oxygens (including phenoxy) is 1. The number of urea groups is 1. The average molecular weight is 415 g/mol. The molecule has 2 N–H and O–H groups in total. The minimum atomic E-state index is -0.160. The Kier molecular flexibility index (Phi) is 6.99. The molecule has 7 heteroatoms. The second kappa shape index (κ2) is 9.65. The van der Waals surface area contributed by atoms with E-state index >= 15 is 0 Å². The van der Waals surface area contributed by atoms with Crippen molar-refractivity contribution in [3.8, 4) is 5.75 Å². The fraction of sp³-hybridized carbons (Fsp3) is 0.364. The summed E-state index contributed by atoms with van der Waals surface area (Å²) < 4.78 is 5.15. The first kappa shape index (κ1) is 21.0. The molecule has 6 nitrogen and oxygen atoms in total. The number of hydrogen-bond acceptors (Lipinski definition) is 4. The number of rotatable bonds is 6. The molecule has 2 aromatic rings. The van der Waals surface area contributed by atoms with Crippen molar-refractivity contribution in [1.29, 1.82) is 0 Å². The first-order valence-electron chi connectivity index (χ1n) is 9.67. The summed E-state index contributed by atoms with van der Waals surface area (Å²) in [5, 5.41) is 6.70. The number of benzene rings is 2. The summed E-state index contributed by atoms with van der Waals surface area (Å²) >= 11 is 6.37. The molecular weight excluding hydrogens is 388 g/mol. The van der Waals surface area contributed by atoms with E-state index in [0.29, 0.717) is 11.6 Å². The number of aliphatic imine (C=N–C) groups is 1. The Hall–Kier alpha value is -2.73. The molecule has 29 heavy (non-hydrogen) atoms. The van der Waals surface area contributed by atoms with Gasteiger partial charge in [-0.05, 0) is 49.2 Å². The highest BCUT2D eigenvalue weighted by atomic mass is 35.5. The van der Waals surface area contributed by atoms with Gasteiger partial charge in [-0.2, -0.15) is 0 Å². The largest absolute Gasteiger partial charge is 0.497 e. The maximum Gasteiger partial charge on any atom is 0.315 e. The zero-order chi connectivity index (χ0) is 20.8. The van der Waals surface area contributed by atoms with Crippen LogP contribution in [0.2, 0.25) is 5.02 Å². The van der Waals surface area contributed by atoms with Crippen molar-refractivity contribution >= 4 is 29.5 Å². The molecule has 1 aliphatic heterocycles. The topological polar surface area (TPSA) is 66.0 Å². The maximum atomic E-state index is 12.4. The molecular formula is C22H27ClN4O2. The number of methoxy groups -OCH3 is 1. The third kappa shape index (κ3) is 5.21. The van der Waals surface area contributed by atoms with E-state index in [-0.39, 0.29) is 18.1 Å². The molecule has 2 atom stereocenters. The van der Waals surface area contributed by atoms with Crippen molar-refractivity contribution < 1.29 is 9.53 Å². The SMILES string of the molecule is CN=Cc1ccc(N2CC[C@@H](NC(=O)NCc3ccc(OC)cc3)[C@@H]2C)cc1Cl. The maximum absolute atomic E-state index is 12.4. The van der Waals surface area contributed by atoms with Gasteiger partial charge in [0.25, 0.3) is 0 Å². The fourth-order valence-corrected chi connectivity index (χ4v) is 3.80. The minimum Gasteiger partial charge on any atom is -0.497 e. The molecule has 0 unspecified atom stereocenters. The number of carbonyl (C=O) groups excluding carboxylic acids is 1. The number of amides is 2. The Balaban J connectivity index is 1.54. The normalized spacial score (nSPS) is 18.8. The highest BCUT2D eigenvalue weighted by Crippen LogP contribution is 2.29. The highest BCUT2D eigenvalue weighted by molar-refractivity contribution is 6.33. The number of hydrogen-bond donors (Lipinski definition) is 2. The Morgan fingerprint density at radius 1 is 1.31 bits per heavy atom. The van der Waals surface area contributed by atoms with Gasteiger partial charge in [-0.1, -0.05) is 23.7 Å². The van der Waals surface area contributed by atoms with Gasteiger partial charge in [-0.15, -0.1) is 0 Å². The summed E-state index contributed by atoms with van der Waals surface area (Å²) in [6.45, 7) is 3.45. The molecule has 0 saturated carbocycles. The third-order valence-electron chi connectivity index (χ3n) is 5.27. The molecule has 0 aromatic heterocycles. The molecule has 1 heterocycles. The smallest absolute Gasteiger partial charge is 0.315 e. The fourth-order valence-electron chi connectivity index (χ4n) is 3.58. The zero-order valence-corrected chi connectivity index (χ0v) is 17.7. The number of nitrogens with zero attached hydrogens (tertiary/aromatic N) is 2. The molecule has 1 fully saturated rings. The van der Waals surface area contributed by atoms with Crippen LogP contribution in [0.1, 0.15) is 24.5 Å². The monoisotopic (exact) mass is 414 g/mol. The van der Waals surface area contributed by atoms with Gasteiger partial charge in [0.2, 0.25) is 0 Å². The molecule has 0 radical (unpaired) electrons. The number of halogens is 1. The summed E-state index contributed by atoms with van der Waals surface area (Å²) in [5.41, 5.74) is 2.98. The Bertz CT molecular complexity index is 870. The lowest BCUT2D eigenvalue weighted by atomic mass is 10.1. The molecule has 1 saturated heterocycles. The van der Waals surface area contributed by atoms with Crippen LogP contribution in [0.5, 0.6) is 5.75 Å². The van der Waals surface area contributed by atoms with Crippen LogP contribution in [-0.4, -0.2) is 45.0 Å². The van der Waals surface area contributed by atoms with Gasteiger partial charge in [-0.3, -0.25) is 4.99 Å². The molecule has 2 amide bonds. The second-order valence-electron chi connectivity index (χ2n) is 7.10. The minimum absolute atomic E-state index is 0.0709. The lowest BCUT2D eigenvalue weighted by Crippen LogP contribution is -2.47. The van der Waals surface area contributed by atoms with Crippen LogP contribution in [0, 0.1) is 0 Å². The molecule has 154 valence electrons. The molecule has 3 rings (SSSR count). The summed E-state index contributed by atoms with van der Waals surface area (Å²) in [4.78, 5) is 18.6. The van der Waals surface area contributed by atoms with Gasteiger partial charge in [0, 0.05) is 43.6 Å². The van der Waals surface area contributed by atoms with Gasteiger partial charge in [-0.25, -0.2) is 4.79 Å². The van der Waals surface area contributed by atoms with Crippen molar-refractivity contribution in [2.45, 2.75) is 32.0 Å². The van der Waals surface area contributed by atoms with E-state index in [1.807, 2.05) is 42.5 Å². The molecule has 1 aliphatic rings. The van der Waals surface area contributed by atoms with Gasteiger partial charge >= 0.3 is 6.03 Å². The Labute approximate surface area is 176 Å². The van der Waals surface area contributed by atoms with Gasteiger partial charge in [0.1, 0.15) is 5.75 Å². The van der Waals surface area contributed by atoms with Crippen molar-refractivity contribution in [1.82, 2.24) is 10.6 Å². The molecule has 0 aliphatic carbocycles. The number of anilines is 1. The van der Waals surface area contributed by atoms with Crippen LogP contribution < -0.4 is 20.3 Å². The first-order chi connectivity index (χ1) is 14.0. The van der Waals surface area contributed by atoms with Crippen LogP contribution in [0.15, 0.2) is 47.5 Å². The van der Waals surface area contributed by atoms with Crippen LogP contribution in [0.3, 0.4) is 0 Å². The van der Waals surface area contributed by atoms with Crippen molar-refractivity contribution in [2.24, 2.45) is 4.99 Å². The predicted molar refractivity (Wildman–Crippen MR) is 119 cm³/mol. The Morgan fingerprint density at radius 3 is 2.72 bits per heavy atom. The first-order valence-corrected chi connectivity index (χ1v) is 10.0. The standard InChI is InChI=1S/C22H27ClN4O2/c1-15-21(26-22(28)25-13-16-4-8-19(29-3)9-5-16)10-11-27(15)18-7-6-17(14-24-2)20(23)12-18/h4-9,12,14-15,21H,10-11,13H2,1-3H3,(H2,25,26,28)/t15-,21+/m0/s1. The van der Waals surface area contributed by atoms with Gasteiger partial charge in [0.15, 0.2) is 0 Å². The van der Waals surface area contributed by atoms with E-state index in [1.54, 1.807) is 20.4 Å². The summed E-state index contributed by atoms with van der Waals surface area (Å²) in [5.74, 6) is 0.799.